The van der Waals surface area contributed by atoms with E-state index in [-0.39, 0.29) is 42.9 Å². The number of fused-ring (bicyclic) bond motifs is 1. The molecule has 3 amide bonds. The summed E-state index contributed by atoms with van der Waals surface area (Å²) in [5.41, 5.74) is 0.906. The first kappa shape index (κ1) is 24.3. The Bertz CT molecular complexity index is 1260. The molecule has 0 N–H and O–H groups in total. The van der Waals surface area contributed by atoms with Gasteiger partial charge in [-0.1, -0.05) is 12.1 Å². The Morgan fingerprint density at radius 3 is 2.23 bits per heavy atom. The molecule has 2 aliphatic heterocycles. The summed E-state index contributed by atoms with van der Waals surface area (Å²) in [5.74, 6) is -1.01. The highest BCUT2D eigenvalue weighted by molar-refractivity contribution is 7.86. The third-order valence-corrected chi connectivity index (χ3v) is 6.32. The monoisotopic (exact) mass is 503 g/mol. The first-order chi connectivity index (χ1) is 16.5. The molecular formula is C22H21N3O9S. The average Bonchev–Trinajstić information content (AvgIpc) is 3.30. The molecule has 0 radical (unpaired) electrons. The molecule has 1 saturated heterocycles. The summed E-state index contributed by atoms with van der Waals surface area (Å²) in [6, 6.07) is 11.1. The van der Waals surface area contributed by atoms with Gasteiger partial charge in [-0.15, -0.1) is 0 Å². The molecule has 0 saturated carbocycles. The van der Waals surface area contributed by atoms with Gasteiger partial charge < -0.3 is 9.64 Å². The lowest BCUT2D eigenvalue weighted by molar-refractivity contribution is -0.384. The van der Waals surface area contributed by atoms with Gasteiger partial charge in [0.25, 0.3) is 27.6 Å². The minimum Gasteiger partial charge on any atom is -0.445 e. The highest BCUT2D eigenvalue weighted by Crippen LogP contribution is 2.28. The molecule has 13 heteroatoms. The quantitative estimate of drug-likeness (QED) is 0.239. The fourth-order valence-electron chi connectivity index (χ4n) is 4.14. The molecule has 12 nitrogen and oxygen atoms in total. The zero-order valence-electron chi connectivity index (χ0n) is 18.5. The normalized spacial score (nSPS) is 19.7. The van der Waals surface area contributed by atoms with Crippen LogP contribution in [0, 0.1) is 10.1 Å². The number of nitrogens with zero attached hydrogens (tertiary/aromatic N) is 3. The van der Waals surface area contributed by atoms with E-state index in [4.69, 9.17) is 8.92 Å². The van der Waals surface area contributed by atoms with E-state index in [0.717, 1.165) is 11.2 Å². The minimum atomic E-state index is -3.82. The SMILES string of the molecule is CS(=O)(=O)O[C@@H]1C[C@@H](CN2C(=O)c3ccccc3C2=O)N(C(=O)OCc2ccc([N+](=O)[O-])cc2)C1. The van der Waals surface area contributed by atoms with Crippen molar-refractivity contribution in [2.75, 3.05) is 19.3 Å². The number of non-ortho nitro benzene ring substituents is 1. The van der Waals surface area contributed by atoms with Crippen LogP contribution < -0.4 is 0 Å². The van der Waals surface area contributed by atoms with E-state index in [1.807, 2.05) is 0 Å². The van der Waals surface area contributed by atoms with Crippen molar-refractivity contribution in [1.82, 2.24) is 9.80 Å². The minimum absolute atomic E-state index is 0.0626. The molecule has 0 spiro atoms. The fraction of sp³-hybridized carbons (Fsp3) is 0.318. The van der Waals surface area contributed by atoms with Crippen LogP contribution in [-0.4, -0.2) is 72.5 Å². The largest absolute Gasteiger partial charge is 0.445 e. The highest BCUT2D eigenvalue weighted by atomic mass is 32.2. The van der Waals surface area contributed by atoms with Crippen LogP contribution in [0.15, 0.2) is 48.5 Å². The number of likely N-dealkylation sites (tertiary alicyclic amines) is 1. The second kappa shape index (κ2) is 9.43. The zero-order valence-corrected chi connectivity index (χ0v) is 19.3. The summed E-state index contributed by atoms with van der Waals surface area (Å²) in [7, 11) is -3.82. The summed E-state index contributed by atoms with van der Waals surface area (Å²) >= 11 is 0. The standard InChI is InChI=1S/C22H21N3O9S/c1-35(31,32)34-17-10-16(11-24-20(26)18-4-2-3-5-19(18)21(24)27)23(12-17)22(28)33-13-14-6-8-15(9-7-14)25(29)30/h2-9,16-17H,10-13H2,1H3/t16-,17+/m0/s1. The Morgan fingerprint density at radius 2 is 1.69 bits per heavy atom. The van der Waals surface area contributed by atoms with Gasteiger partial charge in [-0.2, -0.15) is 8.42 Å². The van der Waals surface area contributed by atoms with Crippen LogP contribution in [0.3, 0.4) is 0 Å². The predicted molar refractivity (Wildman–Crippen MR) is 120 cm³/mol. The predicted octanol–water partition coefficient (Wildman–Crippen LogP) is 1.95. The Labute approximate surface area is 200 Å². The van der Waals surface area contributed by atoms with Crippen molar-refractivity contribution in [3.63, 3.8) is 0 Å². The maximum atomic E-state index is 12.9. The van der Waals surface area contributed by atoms with Gasteiger partial charge in [0.1, 0.15) is 6.61 Å². The maximum Gasteiger partial charge on any atom is 0.410 e. The number of rotatable bonds is 7. The zero-order chi connectivity index (χ0) is 25.3. The van der Waals surface area contributed by atoms with Crippen molar-refractivity contribution in [3.8, 4) is 0 Å². The Balaban J connectivity index is 1.48. The molecular weight excluding hydrogens is 482 g/mol. The highest BCUT2D eigenvalue weighted by Gasteiger charge is 2.43. The number of imide groups is 1. The fourth-order valence-corrected chi connectivity index (χ4v) is 4.78. The van der Waals surface area contributed by atoms with E-state index < -0.39 is 45.1 Å². The lowest BCUT2D eigenvalue weighted by Gasteiger charge is -2.26. The van der Waals surface area contributed by atoms with E-state index in [2.05, 4.69) is 0 Å². The first-order valence-electron chi connectivity index (χ1n) is 10.5. The van der Waals surface area contributed by atoms with Crippen LogP contribution in [-0.2, 0) is 25.6 Å². The Hall–Kier alpha value is -3.84. The summed E-state index contributed by atoms with van der Waals surface area (Å²) < 4.78 is 33.6. The van der Waals surface area contributed by atoms with Crippen molar-refractivity contribution >= 4 is 33.7 Å². The molecule has 4 rings (SSSR count). The summed E-state index contributed by atoms with van der Waals surface area (Å²) in [6.45, 7) is -0.479. The lowest BCUT2D eigenvalue weighted by Crippen LogP contribution is -2.45. The number of nitro benzene ring substituents is 1. The third-order valence-electron chi connectivity index (χ3n) is 5.70. The van der Waals surface area contributed by atoms with Crippen LogP contribution in [0.25, 0.3) is 0 Å². The number of hydrogen-bond donors (Lipinski definition) is 0. The number of hydrogen-bond acceptors (Lipinski definition) is 9. The van der Waals surface area contributed by atoms with Crippen LogP contribution in [0.2, 0.25) is 0 Å². The van der Waals surface area contributed by atoms with E-state index in [9.17, 15) is 32.9 Å². The van der Waals surface area contributed by atoms with Gasteiger partial charge in [0.15, 0.2) is 0 Å². The van der Waals surface area contributed by atoms with Crippen molar-refractivity contribution < 1.29 is 36.6 Å². The van der Waals surface area contributed by atoms with E-state index >= 15 is 0 Å². The van der Waals surface area contributed by atoms with Gasteiger partial charge in [0, 0.05) is 12.1 Å². The molecule has 35 heavy (non-hydrogen) atoms. The van der Waals surface area contributed by atoms with Crippen molar-refractivity contribution in [3.05, 3.63) is 75.3 Å². The van der Waals surface area contributed by atoms with Gasteiger partial charge in [-0.25, -0.2) is 4.79 Å². The number of carbonyl (C=O) groups excluding carboxylic acids is 3. The van der Waals surface area contributed by atoms with Crippen LogP contribution in [0.4, 0.5) is 10.5 Å². The van der Waals surface area contributed by atoms with Crippen LogP contribution in [0.1, 0.15) is 32.7 Å². The molecule has 2 aromatic rings. The first-order valence-corrected chi connectivity index (χ1v) is 12.4. The van der Waals surface area contributed by atoms with Gasteiger partial charge in [0.2, 0.25) is 0 Å². The summed E-state index contributed by atoms with van der Waals surface area (Å²) in [5, 5.41) is 10.8. The van der Waals surface area contributed by atoms with E-state index in [1.54, 1.807) is 12.1 Å². The van der Waals surface area contributed by atoms with E-state index in [1.165, 1.54) is 41.3 Å². The smallest absolute Gasteiger partial charge is 0.410 e. The number of amides is 3. The molecule has 2 aromatic carbocycles. The molecule has 0 aromatic heterocycles. The number of carbonyl (C=O) groups is 3. The molecule has 0 bridgehead atoms. The topological polar surface area (TPSA) is 153 Å². The molecule has 2 atom stereocenters. The van der Waals surface area contributed by atoms with Gasteiger partial charge >= 0.3 is 6.09 Å². The van der Waals surface area contributed by atoms with Gasteiger partial charge in [0.05, 0.1) is 47.5 Å². The average molecular weight is 503 g/mol. The van der Waals surface area contributed by atoms with Crippen LogP contribution >= 0.6 is 0 Å². The molecule has 0 aliphatic carbocycles. The number of ether oxygens (including phenoxy) is 1. The number of nitro groups is 1. The molecule has 1 fully saturated rings. The summed E-state index contributed by atoms with van der Waals surface area (Å²) in [4.78, 5) is 50.9. The van der Waals surface area contributed by atoms with Gasteiger partial charge in [-0.3, -0.25) is 28.8 Å². The van der Waals surface area contributed by atoms with Gasteiger partial charge in [-0.05, 0) is 36.2 Å². The molecule has 2 aliphatic rings. The molecule has 0 unspecified atom stereocenters. The molecule has 184 valence electrons. The van der Waals surface area contributed by atoms with Crippen molar-refractivity contribution in [1.29, 1.82) is 0 Å². The summed E-state index contributed by atoms with van der Waals surface area (Å²) in [6.07, 6.45) is -0.726. The Kier molecular flexibility index (Phi) is 6.54. The van der Waals surface area contributed by atoms with Crippen LogP contribution in [0.5, 0.6) is 0 Å². The maximum absolute atomic E-state index is 12.9. The molecule has 2 heterocycles. The van der Waals surface area contributed by atoms with Crippen molar-refractivity contribution in [2.45, 2.75) is 25.2 Å². The van der Waals surface area contributed by atoms with E-state index in [0.29, 0.717) is 5.56 Å². The number of benzene rings is 2. The lowest BCUT2D eigenvalue weighted by atomic mass is 10.1. The second-order valence-electron chi connectivity index (χ2n) is 8.21. The Morgan fingerprint density at radius 1 is 1.09 bits per heavy atom. The van der Waals surface area contributed by atoms with Crippen molar-refractivity contribution in [2.24, 2.45) is 0 Å². The second-order valence-corrected chi connectivity index (χ2v) is 9.81. The third kappa shape index (κ3) is 5.30.